The molecule has 0 aliphatic heterocycles. The second-order valence-electron chi connectivity index (χ2n) is 14.1. The summed E-state index contributed by atoms with van der Waals surface area (Å²) in [5.41, 5.74) is 12.8. The third kappa shape index (κ3) is 4.92. The molecule has 0 spiro atoms. The topological polar surface area (TPSA) is 25.8 Å². The second kappa shape index (κ2) is 12.1. The van der Waals surface area contributed by atoms with Crippen LogP contribution in [0.1, 0.15) is 29.0 Å². The lowest BCUT2D eigenvalue weighted by atomic mass is 9.79. The zero-order chi connectivity index (χ0) is 34.9. The number of thiophene rings is 1. The summed E-state index contributed by atoms with van der Waals surface area (Å²) in [6.07, 6.45) is 7.56. The molecule has 0 N–H and O–H groups in total. The first kappa shape index (κ1) is 30.2. The highest BCUT2D eigenvalue weighted by atomic mass is 32.1. The van der Waals surface area contributed by atoms with Crippen LogP contribution in [-0.2, 0) is 0 Å². The molecular formula is C50H32N2S. The van der Waals surface area contributed by atoms with Gasteiger partial charge in [-0.2, -0.15) is 0 Å². The van der Waals surface area contributed by atoms with Gasteiger partial charge in [-0.25, -0.2) is 4.98 Å². The summed E-state index contributed by atoms with van der Waals surface area (Å²) in [5.74, 6) is 0.250. The monoisotopic (exact) mass is 692 g/mol. The van der Waals surface area contributed by atoms with Crippen molar-refractivity contribution >= 4 is 70.2 Å². The molecule has 8 aromatic carbocycles. The lowest BCUT2D eigenvalue weighted by Crippen LogP contribution is -2.07. The van der Waals surface area contributed by atoms with Crippen molar-refractivity contribution in [1.29, 1.82) is 0 Å². The van der Waals surface area contributed by atoms with Gasteiger partial charge in [-0.3, -0.25) is 4.98 Å². The average molecular weight is 693 g/mol. The van der Waals surface area contributed by atoms with Crippen LogP contribution in [0.15, 0.2) is 170 Å². The minimum Gasteiger partial charge on any atom is -0.252 e. The van der Waals surface area contributed by atoms with Gasteiger partial charge in [0.2, 0.25) is 0 Å². The van der Waals surface area contributed by atoms with Gasteiger partial charge in [-0.1, -0.05) is 146 Å². The highest BCUT2D eigenvalue weighted by Crippen LogP contribution is 2.42. The van der Waals surface area contributed by atoms with Crippen molar-refractivity contribution in [3.05, 3.63) is 187 Å². The normalized spacial score (nSPS) is 14.1. The van der Waals surface area contributed by atoms with Crippen molar-refractivity contribution in [2.45, 2.75) is 12.3 Å². The van der Waals surface area contributed by atoms with E-state index in [0.29, 0.717) is 0 Å². The smallest absolute Gasteiger partial charge is 0.0979 e. The van der Waals surface area contributed by atoms with Crippen molar-refractivity contribution in [1.82, 2.24) is 9.97 Å². The van der Waals surface area contributed by atoms with Crippen molar-refractivity contribution < 1.29 is 0 Å². The van der Waals surface area contributed by atoms with Gasteiger partial charge >= 0.3 is 0 Å². The van der Waals surface area contributed by atoms with Gasteiger partial charge in [0.25, 0.3) is 0 Å². The zero-order valence-corrected chi connectivity index (χ0v) is 29.6. The number of hydrogen-bond donors (Lipinski definition) is 0. The van der Waals surface area contributed by atoms with E-state index in [9.17, 15) is 0 Å². The Hall–Kier alpha value is -6.42. The molecule has 0 bridgehead atoms. The van der Waals surface area contributed by atoms with Gasteiger partial charge < -0.3 is 0 Å². The van der Waals surface area contributed by atoms with E-state index in [4.69, 9.17) is 9.97 Å². The summed E-state index contributed by atoms with van der Waals surface area (Å²) in [5, 5.41) is 7.36. The van der Waals surface area contributed by atoms with Gasteiger partial charge in [-0.05, 0) is 80.4 Å². The molecule has 1 aliphatic rings. The number of nitrogens with zero attached hydrogens (tertiary/aromatic N) is 2. The van der Waals surface area contributed by atoms with Crippen LogP contribution in [0.3, 0.4) is 0 Å². The van der Waals surface area contributed by atoms with Gasteiger partial charge in [-0.15, -0.1) is 11.3 Å². The third-order valence-electron chi connectivity index (χ3n) is 11.1. The molecule has 0 radical (unpaired) electrons. The fourth-order valence-electron chi connectivity index (χ4n) is 8.51. The quantitative estimate of drug-likeness (QED) is 0.172. The third-order valence-corrected chi connectivity index (χ3v) is 12.2. The largest absolute Gasteiger partial charge is 0.252 e. The fourth-order valence-corrected chi connectivity index (χ4v) is 9.60. The van der Waals surface area contributed by atoms with E-state index in [-0.39, 0.29) is 5.92 Å². The standard InChI is InChI=1S/C50H32N2S/c1-3-15-43-40(12-1)41-13-2-4-16-44(41)50-49(43)51-30-46(52-50)35-11-7-10-34(28-35)37-18-9-19-38-36(17-8-20-39(37)38)32-24-22-31(23-25-32)33-26-27-48-45(29-33)42-14-5-6-21-47(42)53-48/h1-17,19-30,37H,18H2. The molecular weight excluding hydrogens is 661 g/mol. The molecule has 1 atom stereocenters. The molecule has 1 aliphatic carbocycles. The maximum absolute atomic E-state index is 5.29. The number of fused-ring (bicyclic) bond motifs is 10. The van der Waals surface area contributed by atoms with Crippen LogP contribution in [0.4, 0.5) is 0 Å². The molecule has 1 unspecified atom stereocenters. The highest BCUT2D eigenvalue weighted by Gasteiger charge is 2.22. The lowest BCUT2D eigenvalue weighted by Gasteiger charge is -2.25. The Bertz CT molecular complexity index is 3060. The van der Waals surface area contributed by atoms with Gasteiger partial charge in [0.15, 0.2) is 0 Å². The summed E-state index contributed by atoms with van der Waals surface area (Å²) in [7, 11) is 0. The molecule has 0 amide bonds. The molecule has 0 saturated carbocycles. The first-order valence-corrected chi connectivity index (χ1v) is 19.1. The van der Waals surface area contributed by atoms with Gasteiger partial charge in [0, 0.05) is 42.4 Å². The summed E-state index contributed by atoms with van der Waals surface area (Å²) in [4.78, 5) is 10.3. The maximum atomic E-state index is 5.29. The maximum Gasteiger partial charge on any atom is 0.0979 e. The average Bonchev–Trinajstić information content (AvgIpc) is 3.61. The van der Waals surface area contributed by atoms with Crippen LogP contribution in [0.25, 0.3) is 92.3 Å². The van der Waals surface area contributed by atoms with Crippen LogP contribution in [0.2, 0.25) is 0 Å². The van der Waals surface area contributed by atoms with Crippen molar-refractivity contribution in [3.63, 3.8) is 0 Å². The zero-order valence-electron chi connectivity index (χ0n) is 28.8. The molecule has 2 aromatic heterocycles. The Balaban J connectivity index is 0.942. The van der Waals surface area contributed by atoms with E-state index in [0.717, 1.165) is 39.5 Å². The van der Waals surface area contributed by atoms with E-state index in [2.05, 4.69) is 170 Å². The molecule has 11 rings (SSSR count). The first-order valence-electron chi connectivity index (χ1n) is 18.2. The molecule has 248 valence electrons. The molecule has 2 heterocycles. The fraction of sp³-hybridized carbons (Fsp3) is 0.0400. The SMILES string of the molecule is C1=Cc2c(-c3ccc(-c4ccc5sc6ccccc6c5c4)cc3)cccc2C(c2cccc(-c3cnc4c5ccccc5c5ccccc5c4n3)c2)C1. The van der Waals surface area contributed by atoms with Crippen molar-refractivity contribution in [2.24, 2.45) is 0 Å². The predicted octanol–water partition coefficient (Wildman–Crippen LogP) is 13.9. The molecule has 0 saturated heterocycles. The summed E-state index contributed by atoms with van der Waals surface area (Å²) in [6, 6.07) is 57.5. The van der Waals surface area contributed by atoms with Crippen molar-refractivity contribution in [3.8, 4) is 33.5 Å². The van der Waals surface area contributed by atoms with Gasteiger partial charge in [0.05, 0.1) is 22.9 Å². The minimum absolute atomic E-state index is 0.250. The number of rotatable bonds is 4. The summed E-state index contributed by atoms with van der Waals surface area (Å²) < 4.78 is 2.67. The summed E-state index contributed by atoms with van der Waals surface area (Å²) in [6.45, 7) is 0. The molecule has 53 heavy (non-hydrogen) atoms. The van der Waals surface area contributed by atoms with Crippen LogP contribution in [0, 0.1) is 0 Å². The number of hydrogen-bond acceptors (Lipinski definition) is 3. The molecule has 2 nitrogen and oxygen atoms in total. The van der Waals surface area contributed by atoms with E-state index < -0.39 is 0 Å². The Morgan fingerprint density at radius 2 is 1.17 bits per heavy atom. The Morgan fingerprint density at radius 3 is 2.00 bits per heavy atom. The van der Waals surface area contributed by atoms with Crippen LogP contribution >= 0.6 is 11.3 Å². The molecule has 10 aromatic rings. The minimum atomic E-state index is 0.250. The van der Waals surface area contributed by atoms with E-state index >= 15 is 0 Å². The van der Waals surface area contributed by atoms with E-state index in [1.54, 1.807) is 0 Å². The molecule has 3 heteroatoms. The predicted molar refractivity (Wildman–Crippen MR) is 226 cm³/mol. The second-order valence-corrected chi connectivity index (χ2v) is 15.1. The van der Waals surface area contributed by atoms with Crippen LogP contribution < -0.4 is 0 Å². The number of allylic oxidation sites excluding steroid dienone is 1. The lowest BCUT2D eigenvalue weighted by molar-refractivity contribution is 0.820. The first-order chi connectivity index (χ1) is 26.3. The Morgan fingerprint density at radius 1 is 0.491 bits per heavy atom. The highest BCUT2D eigenvalue weighted by molar-refractivity contribution is 7.25. The van der Waals surface area contributed by atoms with Crippen LogP contribution in [-0.4, -0.2) is 9.97 Å². The summed E-state index contributed by atoms with van der Waals surface area (Å²) >= 11 is 1.86. The Labute approximate surface area is 311 Å². The number of aromatic nitrogens is 2. The van der Waals surface area contributed by atoms with E-state index in [1.807, 2.05) is 17.5 Å². The molecule has 0 fully saturated rings. The van der Waals surface area contributed by atoms with Crippen LogP contribution in [0.5, 0.6) is 0 Å². The Kier molecular flexibility index (Phi) is 6.89. The van der Waals surface area contributed by atoms with E-state index in [1.165, 1.54) is 69.9 Å². The van der Waals surface area contributed by atoms with Crippen molar-refractivity contribution in [2.75, 3.05) is 0 Å². The van der Waals surface area contributed by atoms with Gasteiger partial charge in [0.1, 0.15) is 0 Å². The number of benzene rings is 8.